The van der Waals surface area contributed by atoms with Crippen LogP contribution in [0.25, 0.3) is 0 Å². The van der Waals surface area contributed by atoms with Gasteiger partial charge in [-0.2, -0.15) is 18.4 Å². The standard InChI is InChI=1S/C22H17ClF4N2O3/c1-21(2)12(10-17(23)22(25,26)27)19(21)20(30)32-16(11-28)14-7-5-9-18(29-14)31-15-8-4-3-6-13(15)24/h3-10,12,16,19H,1-2H3/b17-10-. The number of nitrogens with zero attached hydrogens (tertiary/aromatic N) is 2. The molecule has 0 aliphatic heterocycles. The third-order valence-corrected chi connectivity index (χ3v) is 5.52. The minimum Gasteiger partial charge on any atom is -0.440 e. The molecular weight excluding hydrogens is 452 g/mol. The van der Waals surface area contributed by atoms with Crippen LogP contribution in [-0.4, -0.2) is 17.1 Å². The number of halogens is 5. The first kappa shape index (κ1) is 23.5. The van der Waals surface area contributed by atoms with Gasteiger partial charge in [0.15, 0.2) is 11.6 Å². The van der Waals surface area contributed by atoms with Crippen LogP contribution in [0.15, 0.2) is 53.6 Å². The Kier molecular flexibility index (Phi) is 6.46. The third-order valence-electron chi connectivity index (χ3n) is 5.18. The first-order chi connectivity index (χ1) is 14.9. The first-order valence-electron chi connectivity index (χ1n) is 9.39. The zero-order valence-electron chi connectivity index (χ0n) is 16.9. The maximum atomic E-state index is 13.8. The summed E-state index contributed by atoms with van der Waals surface area (Å²) < 4.78 is 62.5. The summed E-state index contributed by atoms with van der Waals surface area (Å²) in [6, 6.07) is 11.7. The summed E-state index contributed by atoms with van der Waals surface area (Å²) in [5.41, 5.74) is -0.806. The normalized spacial score (nSPS) is 20.8. The summed E-state index contributed by atoms with van der Waals surface area (Å²) in [6.45, 7) is 3.20. The number of allylic oxidation sites excluding steroid dienone is 2. The second-order valence-electron chi connectivity index (χ2n) is 7.72. The average Bonchev–Trinajstić information content (AvgIpc) is 3.27. The zero-order valence-corrected chi connectivity index (χ0v) is 17.6. The van der Waals surface area contributed by atoms with Crippen molar-refractivity contribution >= 4 is 17.6 Å². The molecule has 1 aliphatic carbocycles. The van der Waals surface area contributed by atoms with Gasteiger partial charge in [0, 0.05) is 6.07 Å². The summed E-state index contributed by atoms with van der Waals surface area (Å²) in [5.74, 6) is -3.29. The van der Waals surface area contributed by atoms with Gasteiger partial charge in [0.05, 0.1) is 11.6 Å². The molecule has 0 saturated heterocycles. The number of hydrogen-bond donors (Lipinski definition) is 0. The number of nitriles is 1. The molecule has 1 saturated carbocycles. The fraction of sp³-hybridized carbons (Fsp3) is 0.318. The number of alkyl halides is 3. The van der Waals surface area contributed by atoms with E-state index < -0.39 is 46.3 Å². The minimum absolute atomic E-state index is 0.0218. The van der Waals surface area contributed by atoms with E-state index in [1.807, 2.05) is 0 Å². The van der Waals surface area contributed by atoms with E-state index in [1.165, 1.54) is 36.4 Å². The lowest BCUT2D eigenvalue weighted by atomic mass is 10.1. The van der Waals surface area contributed by atoms with Crippen LogP contribution in [0.4, 0.5) is 17.6 Å². The highest BCUT2D eigenvalue weighted by Crippen LogP contribution is 2.60. The highest BCUT2D eigenvalue weighted by atomic mass is 35.5. The number of ether oxygens (including phenoxy) is 2. The molecule has 5 nitrogen and oxygen atoms in total. The van der Waals surface area contributed by atoms with Gasteiger partial charge in [0.25, 0.3) is 0 Å². The number of carbonyl (C=O) groups is 1. The highest BCUT2D eigenvalue weighted by molar-refractivity contribution is 6.30. The molecule has 0 spiro atoms. The molecule has 32 heavy (non-hydrogen) atoms. The van der Waals surface area contributed by atoms with Crippen LogP contribution in [0.2, 0.25) is 0 Å². The molecule has 1 fully saturated rings. The van der Waals surface area contributed by atoms with Crippen LogP contribution in [0.3, 0.4) is 0 Å². The Morgan fingerprint density at radius 2 is 1.94 bits per heavy atom. The minimum atomic E-state index is -4.72. The molecule has 0 radical (unpaired) electrons. The lowest BCUT2D eigenvalue weighted by Gasteiger charge is -2.13. The highest BCUT2D eigenvalue weighted by Gasteiger charge is 2.62. The predicted octanol–water partition coefficient (Wildman–Crippen LogP) is 6.08. The molecule has 0 N–H and O–H groups in total. The van der Waals surface area contributed by atoms with E-state index in [1.54, 1.807) is 26.0 Å². The number of hydrogen-bond acceptors (Lipinski definition) is 5. The van der Waals surface area contributed by atoms with E-state index in [0.717, 1.165) is 6.08 Å². The van der Waals surface area contributed by atoms with Gasteiger partial charge in [-0.15, -0.1) is 0 Å². The van der Waals surface area contributed by atoms with E-state index in [4.69, 9.17) is 21.1 Å². The van der Waals surface area contributed by atoms with Gasteiger partial charge in [-0.05, 0) is 29.5 Å². The Hall–Kier alpha value is -3.12. The van der Waals surface area contributed by atoms with E-state index in [-0.39, 0.29) is 17.3 Å². The molecule has 3 unspecified atom stereocenters. The Balaban J connectivity index is 1.74. The van der Waals surface area contributed by atoms with Crippen molar-refractivity contribution in [2.24, 2.45) is 17.3 Å². The van der Waals surface area contributed by atoms with Crippen LogP contribution < -0.4 is 4.74 Å². The number of esters is 1. The van der Waals surface area contributed by atoms with Crippen molar-refractivity contribution in [2.45, 2.75) is 26.1 Å². The van der Waals surface area contributed by atoms with Gasteiger partial charge in [0.1, 0.15) is 11.1 Å². The SMILES string of the molecule is CC1(C)C(/C=C(\Cl)C(F)(F)F)C1C(=O)OC(C#N)c1cccc(Oc2ccccc2F)n1. The Morgan fingerprint density at radius 3 is 2.56 bits per heavy atom. The Bertz CT molecular complexity index is 1100. The van der Waals surface area contributed by atoms with Gasteiger partial charge in [-0.1, -0.05) is 49.7 Å². The fourth-order valence-corrected chi connectivity index (χ4v) is 3.44. The lowest BCUT2D eigenvalue weighted by molar-refractivity contribution is -0.149. The molecule has 0 amide bonds. The predicted molar refractivity (Wildman–Crippen MR) is 106 cm³/mol. The van der Waals surface area contributed by atoms with Gasteiger partial charge in [-0.25, -0.2) is 9.37 Å². The van der Waals surface area contributed by atoms with Crippen molar-refractivity contribution < 1.29 is 31.8 Å². The molecule has 168 valence electrons. The summed E-state index contributed by atoms with van der Waals surface area (Å²) in [4.78, 5) is 16.7. The van der Waals surface area contributed by atoms with E-state index in [9.17, 15) is 27.6 Å². The van der Waals surface area contributed by atoms with Crippen LogP contribution in [0, 0.1) is 34.4 Å². The van der Waals surface area contributed by atoms with Crippen LogP contribution in [-0.2, 0) is 9.53 Å². The maximum absolute atomic E-state index is 13.8. The van der Waals surface area contributed by atoms with Crippen LogP contribution in [0.1, 0.15) is 25.6 Å². The molecule has 1 heterocycles. The summed E-state index contributed by atoms with van der Waals surface area (Å²) >= 11 is 5.29. The molecule has 1 aromatic heterocycles. The summed E-state index contributed by atoms with van der Waals surface area (Å²) in [7, 11) is 0. The second kappa shape index (κ2) is 8.79. The second-order valence-corrected chi connectivity index (χ2v) is 8.12. The smallest absolute Gasteiger partial charge is 0.426 e. The summed E-state index contributed by atoms with van der Waals surface area (Å²) in [6.07, 6.45) is -5.37. The van der Waals surface area contributed by atoms with Crippen molar-refractivity contribution in [3.05, 3.63) is 65.1 Å². The third kappa shape index (κ3) is 5.02. The van der Waals surface area contributed by atoms with Gasteiger partial charge < -0.3 is 9.47 Å². The zero-order chi connectivity index (χ0) is 23.7. The quantitative estimate of drug-likeness (QED) is 0.379. The molecule has 3 atom stereocenters. The van der Waals surface area contributed by atoms with Crippen molar-refractivity contribution in [2.75, 3.05) is 0 Å². The monoisotopic (exact) mass is 468 g/mol. The molecule has 0 bridgehead atoms. The molecule has 10 heteroatoms. The van der Waals surface area contributed by atoms with E-state index in [2.05, 4.69) is 4.98 Å². The number of pyridine rings is 1. The van der Waals surface area contributed by atoms with Crippen molar-refractivity contribution in [3.8, 4) is 17.7 Å². The number of carbonyl (C=O) groups excluding carboxylic acids is 1. The van der Waals surface area contributed by atoms with E-state index >= 15 is 0 Å². The van der Waals surface area contributed by atoms with Crippen molar-refractivity contribution in [1.82, 2.24) is 4.98 Å². The number of benzene rings is 1. The van der Waals surface area contributed by atoms with Gasteiger partial charge >= 0.3 is 12.1 Å². The molecular formula is C22H17ClF4N2O3. The molecule has 1 aromatic carbocycles. The van der Waals surface area contributed by atoms with Crippen molar-refractivity contribution in [3.63, 3.8) is 0 Å². The average molecular weight is 469 g/mol. The Labute approximate surface area is 186 Å². The topological polar surface area (TPSA) is 72.2 Å². The van der Waals surface area contributed by atoms with Gasteiger partial charge in [0.2, 0.25) is 12.0 Å². The molecule has 2 aromatic rings. The first-order valence-corrected chi connectivity index (χ1v) is 9.77. The largest absolute Gasteiger partial charge is 0.440 e. The van der Waals surface area contributed by atoms with Crippen LogP contribution >= 0.6 is 11.6 Å². The van der Waals surface area contributed by atoms with E-state index in [0.29, 0.717) is 0 Å². The molecule has 3 rings (SSSR count). The summed E-state index contributed by atoms with van der Waals surface area (Å²) in [5, 5.41) is 8.14. The molecule has 1 aliphatic rings. The fourth-order valence-electron chi connectivity index (χ4n) is 3.31. The van der Waals surface area contributed by atoms with Crippen LogP contribution in [0.5, 0.6) is 11.6 Å². The number of para-hydroxylation sites is 1. The number of aromatic nitrogens is 1. The number of rotatable bonds is 6. The maximum Gasteiger partial charge on any atom is 0.426 e. The van der Waals surface area contributed by atoms with Gasteiger partial charge in [-0.3, -0.25) is 4.79 Å². The van der Waals surface area contributed by atoms with Crippen molar-refractivity contribution in [1.29, 1.82) is 5.26 Å². The lowest BCUT2D eigenvalue weighted by Crippen LogP contribution is -2.15. The Morgan fingerprint density at radius 1 is 1.25 bits per heavy atom.